The van der Waals surface area contributed by atoms with Crippen molar-refractivity contribution in [3.8, 4) is 6.07 Å². The van der Waals surface area contributed by atoms with E-state index in [0.29, 0.717) is 31.9 Å². The number of benzene rings is 2. The fourth-order valence-corrected chi connectivity index (χ4v) is 4.26. The lowest BCUT2D eigenvalue weighted by Gasteiger charge is -2.40. The summed E-state index contributed by atoms with van der Waals surface area (Å²) >= 11 is 0. The van der Waals surface area contributed by atoms with Gasteiger partial charge in [0.05, 0.1) is 21.6 Å². The third kappa shape index (κ3) is 4.30. The van der Waals surface area contributed by atoms with E-state index >= 15 is 0 Å². The van der Waals surface area contributed by atoms with Crippen LogP contribution in [-0.2, 0) is 16.4 Å². The quantitative estimate of drug-likeness (QED) is 0.559. The van der Waals surface area contributed by atoms with Crippen molar-refractivity contribution in [1.82, 2.24) is 4.90 Å². The fraction of sp³-hybridized carbons (Fsp3) is 0.316. The second kappa shape index (κ2) is 7.96. The summed E-state index contributed by atoms with van der Waals surface area (Å²) in [5.41, 5.74) is 1.22. The molecule has 9 heteroatoms. The van der Waals surface area contributed by atoms with E-state index in [1.165, 1.54) is 12.1 Å². The molecule has 0 aliphatic carbocycles. The third-order valence-electron chi connectivity index (χ3n) is 4.76. The van der Waals surface area contributed by atoms with Gasteiger partial charge < -0.3 is 4.90 Å². The second-order valence-corrected chi connectivity index (χ2v) is 8.71. The molecular weight excluding hydrogens is 380 g/mol. The summed E-state index contributed by atoms with van der Waals surface area (Å²) in [6.07, 6.45) is 1.03. The van der Waals surface area contributed by atoms with Crippen LogP contribution < -0.4 is 4.90 Å². The van der Waals surface area contributed by atoms with Gasteiger partial charge in [-0.1, -0.05) is 30.3 Å². The minimum atomic E-state index is -3.67. The molecule has 0 bridgehead atoms. The summed E-state index contributed by atoms with van der Waals surface area (Å²) in [4.78, 5) is 14.2. The molecule has 0 N–H and O–H groups in total. The minimum Gasteiger partial charge on any atom is -0.367 e. The topological polar surface area (TPSA) is 108 Å². The molecule has 1 aliphatic rings. The number of rotatable bonds is 5. The number of nitro groups is 1. The van der Waals surface area contributed by atoms with Crippen molar-refractivity contribution in [2.24, 2.45) is 0 Å². The van der Waals surface area contributed by atoms with E-state index in [1.54, 1.807) is 0 Å². The highest BCUT2D eigenvalue weighted by Crippen LogP contribution is 2.31. The molecule has 1 atom stereocenters. The van der Waals surface area contributed by atoms with Crippen LogP contribution in [0, 0.1) is 21.4 Å². The van der Waals surface area contributed by atoms with Gasteiger partial charge >= 0.3 is 0 Å². The van der Waals surface area contributed by atoms with Crippen molar-refractivity contribution < 1.29 is 13.3 Å². The Morgan fingerprint density at radius 3 is 2.54 bits per heavy atom. The molecule has 3 rings (SSSR count). The molecule has 28 heavy (non-hydrogen) atoms. The first kappa shape index (κ1) is 19.8. The highest BCUT2D eigenvalue weighted by atomic mass is 32.2. The number of nitrogens with zero attached hydrogens (tertiary/aromatic N) is 4. The normalized spacial score (nSPS) is 17.9. The van der Waals surface area contributed by atoms with Crippen LogP contribution in [0.5, 0.6) is 0 Å². The van der Waals surface area contributed by atoms with E-state index in [-0.39, 0.29) is 10.6 Å². The van der Waals surface area contributed by atoms with Gasteiger partial charge in [-0.15, -0.1) is 0 Å². The number of hydrogen-bond donors (Lipinski definition) is 0. The van der Waals surface area contributed by atoms with Crippen LogP contribution in [0.2, 0.25) is 0 Å². The average molecular weight is 400 g/mol. The SMILES string of the molecule is CS(=O)(=O)c1cc([N+](=O)[O-])ccc1N1CCN(Cc2ccccc2)C(C#N)C1. The lowest BCUT2D eigenvalue weighted by Crippen LogP contribution is -2.52. The molecule has 1 saturated heterocycles. The van der Waals surface area contributed by atoms with Crippen molar-refractivity contribution in [2.45, 2.75) is 17.5 Å². The monoisotopic (exact) mass is 400 g/mol. The Morgan fingerprint density at radius 1 is 1.21 bits per heavy atom. The summed E-state index contributed by atoms with van der Waals surface area (Å²) < 4.78 is 24.4. The van der Waals surface area contributed by atoms with Crippen molar-refractivity contribution in [3.05, 3.63) is 64.2 Å². The van der Waals surface area contributed by atoms with Gasteiger partial charge in [-0.2, -0.15) is 5.26 Å². The molecule has 8 nitrogen and oxygen atoms in total. The summed E-state index contributed by atoms with van der Waals surface area (Å²) in [5, 5.41) is 20.7. The maximum absolute atomic E-state index is 12.2. The average Bonchev–Trinajstić information content (AvgIpc) is 2.68. The standard InChI is InChI=1S/C19H20N4O4S/c1-28(26,27)19-11-16(23(24)25)7-8-18(19)22-10-9-21(17(12-20)14-22)13-15-5-3-2-4-6-15/h2-8,11,17H,9-10,13-14H2,1H3. The molecule has 0 radical (unpaired) electrons. The van der Waals surface area contributed by atoms with Gasteiger partial charge in [0, 0.05) is 44.6 Å². The Kier molecular flexibility index (Phi) is 5.63. The molecule has 146 valence electrons. The molecule has 1 aliphatic heterocycles. The lowest BCUT2D eigenvalue weighted by molar-refractivity contribution is -0.385. The van der Waals surface area contributed by atoms with Gasteiger partial charge in [0.25, 0.3) is 5.69 Å². The first-order chi connectivity index (χ1) is 13.3. The zero-order chi connectivity index (χ0) is 20.3. The third-order valence-corrected chi connectivity index (χ3v) is 5.89. The van der Waals surface area contributed by atoms with Crippen LogP contribution in [0.3, 0.4) is 0 Å². The van der Waals surface area contributed by atoms with Crippen molar-refractivity contribution in [3.63, 3.8) is 0 Å². The molecule has 2 aromatic carbocycles. The Balaban J connectivity index is 1.86. The molecule has 1 fully saturated rings. The van der Waals surface area contributed by atoms with Crippen LogP contribution in [0.25, 0.3) is 0 Å². The predicted octanol–water partition coefficient (Wildman–Crippen LogP) is 2.21. The number of piperazine rings is 1. The first-order valence-corrected chi connectivity index (χ1v) is 10.6. The number of anilines is 1. The van der Waals surface area contributed by atoms with Gasteiger partial charge in [0.15, 0.2) is 9.84 Å². The summed E-state index contributed by atoms with van der Waals surface area (Å²) in [6, 6.07) is 15.5. The molecular formula is C19H20N4O4S. The molecule has 0 saturated carbocycles. The Bertz CT molecular complexity index is 1020. The van der Waals surface area contributed by atoms with E-state index in [0.717, 1.165) is 17.9 Å². The van der Waals surface area contributed by atoms with Crippen molar-refractivity contribution in [1.29, 1.82) is 5.26 Å². The fourth-order valence-electron chi connectivity index (χ4n) is 3.34. The number of nitro benzene ring substituents is 1. The molecule has 1 unspecified atom stereocenters. The van der Waals surface area contributed by atoms with E-state index < -0.39 is 20.8 Å². The van der Waals surface area contributed by atoms with Gasteiger partial charge in [-0.25, -0.2) is 8.42 Å². The molecule has 0 aromatic heterocycles. The van der Waals surface area contributed by atoms with Gasteiger partial charge in [0.2, 0.25) is 0 Å². The lowest BCUT2D eigenvalue weighted by atomic mass is 10.1. The second-order valence-electron chi connectivity index (χ2n) is 6.73. The van der Waals surface area contributed by atoms with Crippen LogP contribution in [0.1, 0.15) is 5.56 Å². The first-order valence-electron chi connectivity index (χ1n) is 8.70. The number of non-ortho nitro benzene ring substituents is 1. The summed E-state index contributed by atoms with van der Waals surface area (Å²) in [7, 11) is -3.67. The largest absolute Gasteiger partial charge is 0.367 e. The van der Waals surface area contributed by atoms with Gasteiger partial charge in [0.1, 0.15) is 6.04 Å². The van der Waals surface area contributed by atoms with Crippen LogP contribution in [0.15, 0.2) is 53.4 Å². The highest BCUT2D eigenvalue weighted by Gasteiger charge is 2.30. The molecule has 0 amide bonds. The van der Waals surface area contributed by atoms with Crippen LogP contribution in [0.4, 0.5) is 11.4 Å². The maximum atomic E-state index is 12.2. The smallest absolute Gasteiger partial charge is 0.270 e. The Labute approximate surface area is 163 Å². The highest BCUT2D eigenvalue weighted by molar-refractivity contribution is 7.90. The Hall–Kier alpha value is -2.96. The molecule has 0 spiro atoms. The van der Waals surface area contributed by atoms with Crippen molar-refractivity contribution >= 4 is 21.2 Å². The number of sulfone groups is 1. The van der Waals surface area contributed by atoms with Crippen molar-refractivity contribution in [2.75, 3.05) is 30.8 Å². The predicted molar refractivity (Wildman–Crippen MR) is 105 cm³/mol. The minimum absolute atomic E-state index is 0.0881. The van der Waals surface area contributed by atoms with Gasteiger partial charge in [-0.05, 0) is 11.6 Å². The zero-order valence-electron chi connectivity index (χ0n) is 15.4. The van der Waals surface area contributed by atoms with E-state index in [1.807, 2.05) is 35.2 Å². The Morgan fingerprint density at radius 2 is 1.93 bits per heavy atom. The number of hydrogen-bond acceptors (Lipinski definition) is 7. The van der Waals surface area contributed by atoms with Gasteiger partial charge in [-0.3, -0.25) is 15.0 Å². The number of nitriles is 1. The summed E-state index contributed by atoms with van der Waals surface area (Å²) in [6.45, 7) is 2.05. The van der Waals surface area contributed by atoms with E-state index in [9.17, 15) is 23.8 Å². The van der Waals surface area contributed by atoms with Crippen LogP contribution in [-0.4, -0.2) is 50.2 Å². The van der Waals surface area contributed by atoms with E-state index in [4.69, 9.17) is 0 Å². The zero-order valence-corrected chi connectivity index (χ0v) is 16.2. The molecule has 1 heterocycles. The van der Waals surface area contributed by atoms with E-state index in [2.05, 4.69) is 11.0 Å². The maximum Gasteiger partial charge on any atom is 0.270 e. The van der Waals surface area contributed by atoms with Crippen LogP contribution >= 0.6 is 0 Å². The molecule has 2 aromatic rings. The summed E-state index contributed by atoms with van der Waals surface area (Å²) in [5.74, 6) is 0.